The second kappa shape index (κ2) is 6.63. The highest BCUT2D eigenvalue weighted by Gasteiger charge is 2.04. The van der Waals surface area contributed by atoms with Gasteiger partial charge in [-0.3, -0.25) is 4.98 Å². The summed E-state index contributed by atoms with van der Waals surface area (Å²) in [5.41, 5.74) is 1.55. The van der Waals surface area contributed by atoms with Gasteiger partial charge < -0.3 is 15.7 Å². The Morgan fingerprint density at radius 2 is 2.00 bits per heavy atom. The molecule has 0 aliphatic heterocycles. The first-order valence-electron chi connectivity index (χ1n) is 6.02. The van der Waals surface area contributed by atoms with Crippen molar-refractivity contribution in [3.8, 4) is 0 Å². The van der Waals surface area contributed by atoms with Crippen molar-refractivity contribution in [3.63, 3.8) is 0 Å². The number of rotatable bonds is 4. The Labute approximate surface area is 115 Å². The van der Waals surface area contributed by atoms with Crippen LogP contribution in [0.2, 0.25) is 0 Å². The van der Waals surface area contributed by atoms with Crippen molar-refractivity contribution in [3.05, 3.63) is 59.7 Å². The molecule has 0 saturated carbocycles. The minimum atomic E-state index is -0.461. The molecule has 0 fully saturated rings. The number of nitrogens with zero attached hydrogens (tertiary/aromatic N) is 1. The van der Waals surface area contributed by atoms with Crippen LogP contribution in [0.4, 0.5) is 14.9 Å². The molecule has 6 heteroatoms. The second-order valence-electron chi connectivity index (χ2n) is 4.13. The van der Waals surface area contributed by atoms with Gasteiger partial charge in [-0.2, -0.15) is 0 Å². The number of halogens is 1. The first kappa shape index (κ1) is 14.0. The molecule has 0 atom stereocenters. The topological polar surface area (TPSA) is 74.2 Å². The van der Waals surface area contributed by atoms with Gasteiger partial charge in [0.2, 0.25) is 0 Å². The molecular weight excluding hydrogens is 261 g/mol. The lowest BCUT2D eigenvalue weighted by atomic mass is 10.1. The monoisotopic (exact) mass is 275 g/mol. The minimum Gasteiger partial charge on any atom is -0.392 e. The van der Waals surface area contributed by atoms with E-state index in [1.807, 2.05) is 0 Å². The summed E-state index contributed by atoms with van der Waals surface area (Å²) < 4.78 is 13.2. The molecule has 0 unspecified atom stereocenters. The van der Waals surface area contributed by atoms with Crippen molar-refractivity contribution >= 4 is 11.7 Å². The lowest BCUT2D eigenvalue weighted by molar-refractivity contribution is 0.251. The fraction of sp³-hybridized carbons (Fsp3) is 0.143. The van der Waals surface area contributed by atoms with E-state index in [2.05, 4.69) is 15.6 Å². The third kappa shape index (κ3) is 3.76. The van der Waals surface area contributed by atoms with Crippen LogP contribution < -0.4 is 10.6 Å². The van der Waals surface area contributed by atoms with E-state index in [-0.39, 0.29) is 24.7 Å². The molecule has 0 radical (unpaired) electrons. The fourth-order valence-electron chi connectivity index (χ4n) is 1.65. The number of aliphatic hydroxyl groups excluding tert-OH is 1. The summed E-state index contributed by atoms with van der Waals surface area (Å²) in [6.45, 7) is -0.132. The predicted molar refractivity (Wildman–Crippen MR) is 72.4 cm³/mol. The molecule has 2 rings (SSSR count). The number of amides is 2. The Balaban J connectivity index is 1.90. The van der Waals surface area contributed by atoms with Crippen molar-refractivity contribution in [1.82, 2.24) is 10.3 Å². The molecule has 0 bridgehead atoms. The number of aromatic nitrogens is 1. The van der Waals surface area contributed by atoms with E-state index in [4.69, 9.17) is 5.11 Å². The Morgan fingerprint density at radius 3 is 2.70 bits per heavy atom. The van der Waals surface area contributed by atoms with Crippen molar-refractivity contribution in [2.24, 2.45) is 0 Å². The van der Waals surface area contributed by atoms with Crippen molar-refractivity contribution in [1.29, 1.82) is 0 Å². The molecule has 1 aromatic heterocycles. The predicted octanol–water partition coefficient (Wildman–Crippen LogP) is 2.03. The molecule has 3 N–H and O–H groups in total. The van der Waals surface area contributed by atoms with E-state index < -0.39 is 5.82 Å². The van der Waals surface area contributed by atoms with Crippen LogP contribution in [-0.2, 0) is 13.2 Å². The summed E-state index contributed by atoms with van der Waals surface area (Å²) in [7, 11) is 0. The zero-order chi connectivity index (χ0) is 14.4. The molecule has 5 nitrogen and oxygen atoms in total. The third-order valence-electron chi connectivity index (χ3n) is 2.67. The lowest BCUT2D eigenvalue weighted by Gasteiger charge is -2.08. The highest BCUT2D eigenvalue weighted by molar-refractivity contribution is 5.88. The number of urea groups is 1. The van der Waals surface area contributed by atoms with Gasteiger partial charge in [0.15, 0.2) is 0 Å². The molecule has 104 valence electrons. The van der Waals surface area contributed by atoms with E-state index in [1.54, 1.807) is 30.6 Å². The van der Waals surface area contributed by atoms with Gasteiger partial charge in [0.1, 0.15) is 5.82 Å². The summed E-state index contributed by atoms with van der Waals surface area (Å²) in [6, 6.07) is 7.31. The van der Waals surface area contributed by atoms with Gasteiger partial charge in [0, 0.05) is 30.2 Å². The van der Waals surface area contributed by atoms with E-state index in [9.17, 15) is 9.18 Å². The van der Waals surface area contributed by atoms with Gasteiger partial charge in [-0.05, 0) is 29.8 Å². The number of anilines is 1. The van der Waals surface area contributed by atoms with E-state index in [1.165, 1.54) is 12.1 Å². The van der Waals surface area contributed by atoms with Crippen molar-refractivity contribution in [2.75, 3.05) is 5.32 Å². The van der Waals surface area contributed by atoms with Crippen LogP contribution in [0.5, 0.6) is 0 Å². The molecule has 0 aliphatic rings. The molecule has 0 saturated heterocycles. The molecule has 0 aliphatic carbocycles. The smallest absolute Gasteiger partial charge is 0.319 e. The number of carbonyl (C=O) groups is 1. The molecule has 1 aromatic carbocycles. The maximum Gasteiger partial charge on any atom is 0.319 e. The van der Waals surface area contributed by atoms with Gasteiger partial charge in [0.25, 0.3) is 0 Å². The zero-order valence-electron chi connectivity index (χ0n) is 10.6. The highest BCUT2D eigenvalue weighted by Crippen LogP contribution is 2.10. The van der Waals surface area contributed by atoms with Gasteiger partial charge in [-0.15, -0.1) is 0 Å². The number of carbonyl (C=O) groups excluding carboxylic acids is 1. The molecule has 2 aromatic rings. The zero-order valence-corrected chi connectivity index (χ0v) is 10.6. The van der Waals surface area contributed by atoms with E-state index in [0.29, 0.717) is 11.3 Å². The summed E-state index contributed by atoms with van der Waals surface area (Å²) in [6.07, 6.45) is 3.15. The van der Waals surface area contributed by atoms with E-state index >= 15 is 0 Å². The van der Waals surface area contributed by atoms with Gasteiger partial charge >= 0.3 is 6.03 Å². The van der Waals surface area contributed by atoms with Gasteiger partial charge in [-0.1, -0.05) is 6.07 Å². The first-order chi connectivity index (χ1) is 9.69. The maximum atomic E-state index is 13.2. The van der Waals surface area contributed by atoms with Crippen LogP contribution in [0.25, 0.3) is 0 Å². The third-order valence-corrected chi connectivity index (χ3v) is 2.67. The quantitative estimate of drug-likeness (QED) is 0.799. The summed E-state index contributed by atoms with van der Waals surface area (Å²) >= 11 is 0. The number of hydrogen-bond donors (Lipinski definition) is 3. The average molecular weight is 275 g/mol. The van der Waals surface area contributed by atoms with Gasteiger partial charge in [0.05, 0.1) is 6.61 Å². The lowest BCUT2D eigenvalue weighted by Crippen LogP contribution is -2.28. The maximum absolute atomic E-state index is 13.2. The Morgan fingerprint density at radius 1 is 1.25 bits per heavy atom. The van der Waals surface area contributed by atoms with Crippen molar-refractivity contribution in [2.45, 2.75) is 13.2 Å². The number of benzene rings is 1. The molecule has 0 spiro atoms. The molecule has 1 heterocycles. The Hall–Kier alpha value is -2.47. The molecular formula is C14H14FN3O2. The first-order valence-corrected chi connectivity index (χ1v) is 6.02. The fourth-order valence-corrected chi connectivity index (χ4v) is 1.65. The Kier molecular flexibility index (Phi) is 4.62. The summed E-state index contributed by atoms with van der Waals surface area (Å²) in [5.74, 6) is -0.461. The number of nitrogens with one attached hydrogen (secondary N) is 2. The largest absolute Gasteiger partial charge is 0.392 e. The standard InChI is InChI=1S/C14H14FN3O2/c15-13-2-1-10(7-11(13)9-19)8-17-14(20)18-12-3-5-16-6-4-12/h1-7,19H,8-9H2,(H2,16,17,18,20). The summed E-state index contributed by atoms with van der Waals surface area (Å²) in [4.78, 5) is 15.5. The SMILES string of the molecule is O=C(NCc1ccc(F)c(CO)c1)Nc1ccncc1. The van der Waals surface area contributed by atoms with Crippen LogP contribution in [0.15, 0.2) is 42.7 Å². The van der Waals surface area contributed by atoms with Crippen molar-refractivity contribution < 1.29 is 14.3 Å². The summed E-state index contributed by atoms with van der Waals surface area (Å²) in [5, 5.41) is 14.3. The normalized spacial score (nSPS) is 10.1. The van der Waals surface area contributed by atoms with Crippen LogP contribution >= 0.6 is 0 Å². The van der Waals surface area contributed by atoms with Crippen LogP contribution in [-0.4, -0.2) is 16.1 Å². The van der Waals surface area contributed by atoms with Crippen LogP contribution in [0.3, 0.4) is 0 Å². The minimum absolute atomic E-state index is 0.207. The average Bonchev–Trinajstić information content (AvgIpc) is 2.47. The number of aliphatic hydroxyl groups is 1. The molecule has 20 heavy (non-hydrogen) atoms. The molecule has 2 amide bonds. The van der Waals surface area contributed by atoms with Crippen LogP contribution in [0.1, 0.15) is 11.1 Å². The number of pyridine rings is 1. The van der Waals surface area contributed by atoms with Gasteiger partial charge in [-0.25, -0.2) is 9.18 Å². The Bertz CT molecular complexity index is 590. The van der Waals surface area contributed by atoms with E-state index in [0.717, 1.165) is 0 Å². The second-order valence-corrected chi connectivity index (χ2v) is 4.13. The number of hydrogen-bond acceptors (Lipinski definition) is 3. The van der Waals surface area contributed by atoms with Crippen LogP contribution in [0, 0.1) is 5.82 Å². The highest BCUT2D eigenvalue weighted by atomic mass is 19.1.